The number of sulfone groups is 1. The average Bonchev–Trinajstić information content (AvgIpc) is 2.21. The molecule has 0 amide bonds. The van der Waals surface area contributed by atoms with E-state index in [0.29, 0.717) is 6.07 Å². The molecule has 0 saturated heterocycles. The van der Waals surface area contributed by atoms with Gasteiger partial charge in [-0.1, -0.05) is 13.0 Å². The van der Waals surface area contributed by atoms with Gasteiger partial charge in [0.15, 0.2) is 9.84 Å². The molecule has 0 aliphatic rings. The van der Waals surface area contributed by atoms with E-state index in [1.165, 1.54) is 0 Å². The standard InChI is InChI=1S/C11H15F2NO2S/c1-8(5-14)6-17(15,16)7-9-2-3-10(12)4-11(9)13/h2-4,8H,5-7,14H2,1H3. The van der Waals surface area contributed by atoms with Crippen molar-refractivity contribution in [2.45, 2.75) is 12.7 Å². The minimum atomic E-state index is -3.42. The predicted molar refractivity (Wildman–Crippen MR) is 62.1 cm³/mol. The van der Waals surface area contributed by atoms with Crippen LogP contribution >= 0.6 is 0 Å². The molecule has 1 aromatic rings. The van der Waals surface area contributed by atoms with Crippen molar-refractivity contribution >= 4 is 9.84 Å². The van der Waals surface area contributed by atoms with Gasteiger partial charge in [0.05, 0.1) is 11.5 Å². The molecule has 0 bridgehead atoms. The highest BCUT2D eigenvalue weighted by Crippen LogP contribution is 2.14. The molecule has 17 heavy (non-hydrogen) atoms. The summed E-state index contributed by atoms with van der Waals surface area (Å²) >= 11 is 0. The fraction of sp³-hybridized carbons (Fsp3) is 0.455. The van der Waals surface area contributed by atoms with Gasteiger partial charge in [0.1, 0.15) is 11.6 Å². The monoisotopic (exact) mass is 263 g/mol. The Morgan fingerprint density at radius 2 is 2.00 bits per heavy atom. The van der Waals surface area contributed by atoms with Crippen LogP contribution in [0.15, 0.2) is 18.2 Å². The van der Waals surface area contributed by atoms with E-state index in [1.54, 1.807) is 6.92 Å². The number of hydrogen-bond acceptors (Lipinski definition) is 3. The molecule has 96 valence electrons. The molecule has 2 N–H and O–H groups in total. The lowest BCUT2D eigenvalue weighted by Gasteiger charge is -2.10. The molecule has 0 saturated carbocycles. The summed E-state index contributed by atoms with van der Waals surface area (Å²) in [5.41, 5.74) is 5.32. The van der Waals surface area contributed by atoms with Crippen LogP contribution in [0, 0.1) is 17.6 Å². The van der Waals surface area contributed by atoms with E-state index in [0.717, 1.165) is 12.1 Å². The molecule has 6 heteroatoms. The van der Waals surface area contributed by atoms with Crippen molar-refractivity contribution in [3.05, 3.63) is 35.4 Å². The van der Waals surface area contributed by atoms with Crippen LogP contribution in [0.2, 0.25) is 0 Å². The highest BCUT2D eigenvalue weighted by molar-refractivity contribution is 7.90. The van der Waals surface area contributed by atoms with Crippen molar-refractivity contribution < 1.29 is 17.2 Å². The molecule has 0 heterocycles. The maximum atomic E-state index is 13.3. The summed E-state index contributed by atoms with van der Waals surface area (Å²) in [5.74, 6) is -2.26. The van der Waals surface area contributed by atoms with E-state index < -0.39 is 27.2 Å². The summed E-state index contributed by atoms with van der Waals surface area (Å²) in [6.45, 7) is 1.96. The smallest absolute Gasteiger partial charge is 0.154 e. The zero-order valence-corrected chi connectivity index (χ0v) is 10.3. The molecule has 0 radical (unpaired) electrons. The normalized spacial score (nSPS) is 13.6. The van der Waals surface area contributed by atoms with Crippen LogP contribution in [-0.2, 0) is 15.6 Å². The van der Waals surface area contributed by atoms with Gasteiger partial charge >= 0.3 is 0 Å². The van der Waals surface area contributed by atoms with Crippen molar-refractivity contribution in [2.75, 3.05) is 12.3 Å². The fourth-order valence-electron chi connectivity index (χ4n) is 1.44. The minimum Gasteiger partial charge on any atom is -0.330 e. The zero-order valence-electron chi connectivity index (χ0n) is 9.49. The molecule has 0 spiro atoms. The first-order chi connectivity index (χ1) is 7.84. The van der Waals surface area contributed by atoms with Crippen LogP contribution in [0.1, 0.15) is 12.5 Å². The van der Waals surface area contributed by atoms with E-state index >= 15 is 0 Å². The van der Waals surface area contributed by atoms with E-state index in [-0.39, 0.29) is 23.8 Å². The Bertz CT molecular complexity index is 488. The van der Waals surface area contributed by atoms with E-state index in [9.17, 15) is 17.2 Å². The Kier molecular flexibility index (Phi) is 4.59. The highest BCUT2D eigenvalue weighted by Gasteiger charge is 2.18. The number of halogens is 2. The molecular formula is C11H15F2NO2S. The largest absolute Gasteiger partial charge is 0.330 e. The van der Waals surface area contributed by atoms with Crippen LogP contribution < -0.4 is 5.73 Å². The number of rotatable bonds is 5. The topological polar surface area (TPSA) is 60.2 Å². The lowest BCUT2D eigenvalue weighted by molar-refractivity contribution is 0.561. The molecule has 1 unspecified atom stereocenters. The lowest BCUT2D eigenvalue weighted by Crippen LogP contribution is -2.22. The van der Waals surface area contributed by atoms with Crippen molar-refractivity contribution in [3.63, 3.8) is 0 Å². The molecule has 0 aliphatic carbocycles. The van der Waals surface area contributed by atoms with Gasteiger partial charge in [-0.05, 0) is 18.5 Å². The van der Waals surface area contributed by atoms with Crippen molar-refractivity contribution in [1.82, 2.24) is 0 Å². The summed E-state index contributed by atoms with van der Waals surface area (Å²) in [4.78, 5) is 0. The third-order valence-corrected chi connectivity index (χ3v) is 4.16. The van der Waals surface area contributed by atoms with E-state index in [4.69, 9.17) is 5.73 Å². The van der Waals surface area contributed by atoms with Gasteiger partial charge in [0.2, 0.25) is 0 Å². The van der Waals surface area contributed by atoms with Crippen LogP contribution in [-0.4, -0.2) is 20.7 Å². The van der Waals surface area contributed by atoms with Gasteiger partial charge in [0, 0.05) is 11.6 Å². The van der Waals surface area contributed by atoms with Crippen LogP contribution in [0.25, 0.3) is 0 Å². The molecular weight excluding hydrogens is 248 g/mol. The molecule has 0 aliphatic heterocycles. The van der Waals surface area contributed by atoms with Gasteiger partial charge in [-0.25, -0.2) is 17.2 Å². The molecule has 1 aromatic carbocycles. The zero-order chi connectivity index (χ0) is 13.1. The first-order valence-corrected chi connectivity index (χ1v) is 7.00. The van der Waals surface area contributed by atoms with Gasteiger partial charge in [-0.15, -0.1) is 0 Å². The Hall–Kier alpha value is -1.01. The third kappa shape index (κ3) is 4.40. The Morgan fingerprint density at radius 3 is 2.53 bits per heavy atom. The number of nitrogens with two attached hydrogens (primary N) is 1. The molecule has 1 rings (SSSR count). The Balaban J connectivity index is 2.83. The van der Waals surface area contributed by atoms with Gasteiger partial charge < -0.3 is 5.73 Å². The second kappa shape index (κ2) is 5.55. The second-order valence-corrected chi connectivity index (χ2v) is 6.24. The Labute approximate surface area is 99.6 Å². The predicted octanol–water partition coefficient (Wildman–Crippen LogP) is 1.47. The fourth-order valence-corrected chi connectivity index (χ4v) is 3.26. The van der Waals surface area contributed by atoms with Crippen molar-refractivity contribution in [3.8, 4) is 0 Å². The molecule has 0 fully saturated rings. The van der Waals surface area contributed by atoms with Gasteiger partial charge in [0.25, 0.3) is 0 Å². The Morgan fingerprint density at radius 1 is 1.35 bits per heavy atom. The lowest BCUT2D eigenvalue weighted by atomic mass is 10.2. The SMILES string of the molecule is CC(CN)CS(=O)(=O)Cc1ccc(F)cc1F. The maximum absolute atomic E-state index is 13.3. The average molecular weight is 263 g/mol. The van der Waals surface area contributed by atoms with Crippen molar-refractivity contribution in [1.29, 1.82) is 0 Å². The third-order valence-electron chi connectivity index (χ3n) is 2.33. The van der Waals surface area contributed by atoms with Gasteiger partial charge in [-0.3, -0.25) is 0 Å². The highest BCUT2D eigenvalue weighted by atomic mass is 32.2. The quantitative estimate of drug-likeness (QED) is 0.875. The van der Waals surface area contributed by atoms with Gasteiger partial charge in [-0.2, -0.15) is 0 Å². The first-order valence-electron chi connectivity index (χ1n) is 5.18. The molecule has 0 aromatic heterocycles. The summed E-state index contributed by atoms with van der Waals surface area (Å²) < 4.78 is 49.3. The number of benzene rings is 1. The summed E-state index contributed by atoms with van der Waals surface area (Å²) in [6, 6.07) is 2.87. The summed E-state index contributed by atoms with van der Waals surface area (Å²) in [6.07, 6.45) is 0. The van der Waals surface area contributed by atoms with Crippen LogP contribution in [0.3, 0.4) is 0 Å². The number of hydrogen-bond donors (Lipinski definition) is 1. The second-order valence-electron chi connectivity index (χ2n) is 4.13. The van der Waals surface area contributed by atoms with E-state index in [2.05, 4.69) is 0 Å². The maximum Gasteiger partial charge on any atom is 0.154 e. The first kappa shape index (κ1) is 14.1. The summed E-state index contributed by atoms with van der Waals surface area (Å²) in [5, 5.41) is 0. The molecule has 3 nitrogen and oxygen atoms in total. The van der Waals surface area contributed by atoms with E-state index in [1.807, 2.05) is 0 Å². The van der Waals surface area contributed by atoms with Crippen LogP contribution in [0.4, 0.5) is 8.78 Å². The minimum absolute atomic E-state index is 0.0179. The summed E-state index contributed by atoms with van der Waals surface area (Å²) in [7, 11) is -3.42. The molecule has 1 atom stereocenters. The van der Waals surface area contributed by atoms with Crippen molar-refractivity contribution in [2.24, 2.45) is 11.7 Å². The van der Waals surface area contributed by atoms with Crippen LogP contribution in [0.5, 0.6) is 0 Å².